The molecule has 0 saturated carbocycles. The predicted octanol–water partition coefficient (Wildman–Crippen LogP) is 5.76. The highest BCUT2D eigenvalue weighted by Gasteiger charge is 1.98. The Morgan fingerprint density at radius 3 is 2.19 bits per heavy atom. The maximum absolute atomic E-state index is 10.9. The summed E-state index contributed by atoms with van der Waals surface area (Å²) in [6, 6.07) is 0. The lowest BCUT2D eigenvalue weighted by Gasteiger charge is -2.00. The van der Waals surface area contributed by atoms with E-state index >= 15 is 0 Å². The first-order valence-electron chi connectivity index (χ1n) is 8.60. The summed E-state index contributed by atoms with van der Waals surface area (Å²) in [6.45, 7) is 2.26. The van der Waals surface area contributed by atoms with Crippen LogP contribution in [0.15, 0.2) is 12.2 Å². The van der Waals surface area contributed by atoms with Gasteiger partial charge in [-0.15, -0.1) is 0 Å². The van der Waals surface area contributed by atoms with Crippen LogP contribution in [0.25, 0.3) is 0 Å². The molecule has 0 amide bonds. The summed E-state index contributed by atoms with van der Waals surface area (Å²) in [7, 11) is 1.45. The Kier molecular flexibility index (Phi) is 17.2. The van der Waals surface area contributed by atoms with Gasteiger partial charge in [-0.25, -0.2) is 0 Å². The number of hydrogen-bond donors (Lipinski definition) is 0. The Morgan fingerprint density at radius 2 is 1.52 bits per heavy atom. The van der Waals surface area contributed by atoms with Crippen molar-refractivity contribution < 1.29 is 9.53 Å². The van der Waals surface area contributed by atoms with Crippen molar-refractivity contribution in [2.24, 2.45) is 0 Å². The Morgan fingerprint density at radius 1 is 0.905 bits per heavy atom. The van der Waals surface area contributed by atoms with Gasteiger partial charge in [0.15, 0.2) is 0 Å². The molecule has 0 aromatic rings. The Labute approximate surface area is 136 Å². The summed E-state index contributed by atoms with van der Waals surface area (Å²) in [5, 5.41) is 0. The van der Waals surface area contributed by atoms with E-state index in [4.69, 9.17) is 0 Å². The Bertz CT molecular complexity index is 252. The van der Waals surface area contributed by atoms with Crippen LogP contribution in [0, 0.1) is 0 Å². The van der Waals surface area contributed by atoms with Gasteiger partial charge in [0.1, 0.15) is 0 Å². The molecule has 0 N–H and O–H groups in total. The van der Waals surface area contributed by atoms with Gasteiger partial charge in [-0.3, -0.25) is 4.79 Å². The maximum Gasteiger partial charge on any atom is 0.306 e. The number of unbranched alkanes of at least 4 members (excludes halogenated alkanes) is 8. The third-order valence-corrected chi connectivity index (χ3v) is 4.55. The molecule has 0 radical (unpaired) electrons. The van der Waals surface area contributed by atoms with Crippen molar-refractivity contribution in [3.05, 3.63) is 12.2 Å². The van der Waals surface area contributed by atoms with E-state index in [1.807, 2.05) is 11.8 Å². The van der Waals surface area contributed by atoms with E-state index in [-0.39, 0.29) is 5.97 Å². The summed E-state index contributed by atoms with van der Waals surface area (Å²) in [4.78, 5) is 10.9. The zero-order valence-electron chi connectivity index (χ0n) is 14.1. The zero-order valence-corrected chi connectivity index (χ0v) is 14.9. The molecule has 0 aromatic carbocycles. The molecule has 21 heavy (non-hydrogen) atoms. The predicted molar refractivity (Wildman–Crippen MR) is 94.9 cm³/mol. The average Bonchev–Trinajstić information content (AvgIpc) is 2.50. The van der Waals surface area contributed by atoms with Gasteiger partial charge in [0.05, 0.1) is 13.5 Å². The van der Waals surface area contributed by atoms with E-state index < -0.39 is 0 Å². The summed E-state index contributed by atoms with van der Waals surface area (Å²) < 4.78 is 4.61. The first-order chi connectivity index (χ1) is 10.3. The van der Waals surface area contributed by atoms with Crippen molar-refractivity contribution in [3.63, 3.8) is 0 Å². The van der Waals surface area contributed by atoms with Crippen molar-refractivity contribution in [2.75, 3.05) is 18.6 Å². The van der Waals surface area contributed by atoms with Crippen LogP contribution in [0.3, 0.4) is 0 Å². The number of hydrogen-bond acceptors (Lipinski definition) is 3. The summed E-state index contributed by atoms with van der Waals surface area (Å²) >= 11 is 1.85. The minimum Gasteiger partial charge on any atom is -0.469 e. The molecule has 0 aliphatic rings. The van der Waals surface area contributed by atoms with E-state index in [0.717, 1.165) is 11.5 Å². The monoisotopic (exact) mass is 314 g/mol. The van der Waals surface area contributed by atoms with Crippen molar-refractivity contribution >= 4 is 17.7 Å². The largest absolute Gasteiger partial charge is 0.469 e. The quantitative estimate of drug-likeness (QED) is 0.218. The molecule has 0 aliphatic carbocycles. The van der Waals surface area contributed by atoms with Gasteiger partial charge in [0.2, 0.25) is 0 Å². The number of carbonyl (C=O) groups is 1. The Hall–Kier alpha value is -0.440. The minimum absolute atomic E-state index is 0.0971. The summed E-state index contributed by atoms with van der Waals surface area (Å²) in [5.74, 6) is 1.95. The van der Waals surface area contributed by atoms with Crippen molar-refractivity contribution in [3.8, 4) is 0 Å². The second-order valence-electron chi connectivity index (χ2n) is 5.46. The molecule has 0 rings (SSSR count). The number of allylic oxidation sites excluding steroid dienone is 2. The van der Waals surface area contributed by atoms with E-state index in [1.54, 1.807) is 0 Å². The molecule has 0 spiro atoms. The topological polar surface area (TPSA) is 26.3 Å². The van der Waals surface area contributed by atoms with Gasteiger partial charge in [-0.1, -0.05) is 51.2 Å². The van der Waals surface area contributed by atoms with Crippen LogP contribution >= 0.6 is 11.8 Å². The first kappa shape index (κ1) is 20.6. The molecule has 0 saturated heterocycles. The van der Waals surface area contributed by atoms with Crippen LogP contribution in [0.4, 0.5) is 0 Å². The molecule has 124 valence electrons. The van der Waals surface area contributed by atoms with Crippen molar-refractivity contribution in [2.45, 2.75) is 77.6 Å². The second-order valence-corrected chi connectivity index (χ2v) is 6.69. The molecule has 2 nitrogen and oxygen atoms in total. The third kappa shape index (κ3) is 17.5. The Balaban J connectivity index is 3.10. The molecular weight excluding hydrogens is 280 g/mol. The molecule has 0 bridgehead atoms. The van der Waals surface area contributed by atoms with Crippen LogP contribution in [0.5, 0.6) is 0 Å². The number of thioether (sulfide) groups is 1. The SMILES string of the molecule is CCCCCCCC/C=C/CCCCSCCC(=O)OC. The molecule has 0 aliphatic heterocycles. The number of rotatable bonds is 15. The fraction of sp³-hybridized carbons (Fsp3) is 0.833. The lowest BCUT2D eigenvalue weighted by molar-refractivity contribution is -0.140. The molecular formula is C18H34O2S. The highest BCUT2D eigenvalue weighted by atomic mass is 32.2. The summed E-state index contributed by atoms with van der Waals surface area (Å²) in [5.41, 5.74) is 0. The number of methoxy groups -OCH3 is 1. The van der Waals surface area contributed by atoms with Gasteiger partial charge >= 0.3 is 5.97 Å². The van der Waals surface area contributed by atoms with Crippen LogP contribution < -0.4 is 0 Å². The van der Waals surface area contributed by atoms with Crippen LogP contribution in [-0.2, 0) is 9.53 Å². The normalized spacial score (nSPS) is 11.1. The van der Waals surface area contributed by atoms with E-state index in [1.165, 1.54) is 71.3 Å². The number of ether oxygens (including phenoxy) is 1. The van der Waals surface area contributed by atoms with Gasteiger partial charge in [-0.2, -0.15) is 11.8 Å². The van der Waals surface area contributed by atoms with Crippen LogP contribution in [0.2, 0.25) is 0 Å². The molecule has 0 aromatic heterocycles. The lowest BCUT2D eigenvalue weighted by Crippen LogP contribution is -2.01. The number of esters is 1. The fourth-order valence-electron chi connectivity index (χ4n) is 2.10. The molecule has 0 atom stereocenters. The standard InChI is InChI=1S/C18H34O2S/c1-3-4-5-6-7-8-9-10-11-12-13-14-16-21-17-15-18(19)20-2/h10-11H,3-9,12-17H2,1-2H3/b11-10+. The van der Waals surface area contributed by atoms with Crippen molar-refractivity contribution in [1.29, 1.82) is 0 Å². The van der Waals surface area contributed by atoms with Gasteiger partial charge in [0.25, 0.3) is 0 Å². The lowest BCUT2D eigenvalue weighted by atomic mass is 10.1. The summed E-state index contributed by atoms with van der Waals surface area (Å²) in [6.07, 6.45) is 18.5. The van der Waals surface area contributed by atoms with E-state index in [0.29, 0.717) is 6.42 Å². The fourth-order valence-corrected chi connectivity index (χ4v) is 3.03. The molecule has 0 unspecified atom stereocenters. The van der Waals surface area contributed by atoms with E-state index in [9.17, 15) is 4.79 Å². The second kappa shape index (κ2) is 17.6. The molecule has 0 fully saturated rings. The maximum atomic E-state index is 10.9. The van der Waals surface area contributed by atoms with E-state index in [2.05, 4.69) is 23.8 Å². The highest BCUT2D eigenvalue weighted by molar-refractivity contribution is 7.99. The average molecular weight is 315 g/mol. The zero-order chi connectivity index (χ0) is 15.6. The van der Waals surface area contributed by atoms with Gasteiger partial charge in [-0.05, 0) is 37.9 Å². The van der Waals surface area contributed by atoms with Crippen LogP contribution in [-0.4, -0.2) is 24.6 Å². The van der Waals surface area contributed by atoms with Crippen LogP contribution in [0.1, 0.15) is 77.6 Å². The van der Waals surface area contributed by atoms with Gasteiger partial charge in [0, 0.05) is 5.75 Å². The minimum atomic E-state index is -0.0971. The molecule has 3 heteroatoms. The first-order valence-corrected chi connectivity index (χ1v) is 9.76. The van der Waals surface area contributed by atoms with Crippen molar-refractivity contribution in [1.82, 2.24) is 0 Å². The van der Waals surface area contributed by atoms with Gasteiger partial charge < -0.3 is 4.74 Å². The smallest absolute Gasteiger partial charge is 0.306 e. The third-order valence-electron chi connectivity index (χ3n) is 3.48. The highest BCUT2D eigenvalue weighted by Crippen LogP contribution is 2.10. The number of carbonyl (C=O) groups excluding carboxylic acids is 1. The molecule has 0 heterocycles.